The van der Waals surface area contributed by atoms with Crippen LogP contribution in [0.3, 0.4) is 0 Å². The number of hydrogen-bond donors (Lipinski definition) is 1. The van der Waals surface area contributed by atoms with Gasteiger partial charge in [-0.25, -0.2) is 9.67 Å². The predicted octanol–water partition coefficient (Wildman–Crippen LogP) is 2.75. The SMILES string of the molecule is COc1cc2c(cc1Nc1ncc3cnn([C@@H]4CC[C@H]5CN(C(C)=O)[C@H]54)c3n1)CN(C)CC2. The summed E-state index contributed by atoms with van der Waals surface area (Å²) in [5, 5.41) is 8.93. The molecule has 0 bridgehead atoms. The number of carbonyl (C=O) groups excluding carboxylic acids is 1. The molecule has 6 rings (SSSR count). The number of hydrogen-bond acceptors (Lipinski definition) is 7. The van der Waals surface area contributed by atoms with E-state index in [1.807, 2.05) is 22.0 Å². The van der Waals surface area contributed by atoms with Crippen LogP contribution >= 0.6 is 0 Å². The first-order valence-corrected chi connectivity index (χ1v) is 11.6. The van der Waals surface area contributed by atoms with Crippen molar-refractivity contribution >= 4 is 28.6 Å². The van der Waals surface area contributed by atoms with E-state index in [0.717, 1.165) is 61.4 Å². The Labute approximate surface area is 192 Å². The lowest BCUT2D eigenvalue weighted by atomic mass is 9.90. The van der Waals surface area contributed by atoms with Crippen LogP contribution in [0.25, 0.3) is 11.0 Å². The molecular weight excluding hydrogens is 418 g/mol. The van der Waals surface area contributed by atoms with Crippen molar-refractivity contribution in [2.75, 3.05) is 32.6 Å². The van der Waals surface area contributed by atoms with Crippen LogP contribution in [0.15, 0.2) is 24.5 Å². The quantitative estimate of drug-likeness (QED) is 0.658. The maximum Gasteiger partial charge on any atom is 0.229 e. The number of carbonyl (C=O) groups is 1. The van der Waals surface area contributed by atoms with E-state index in [2.05, 4.69) is 39.5 Å². The second-order valence-electron chi connectivity index (χ2n) is 9.56. The third-order valence-electron chi connectivity index (χ3n) is 7.53. The molecule has 172 valence electrons. The van der Waals surface area contributed by atoms with Gasteiger partial charge in [0.15, 0.2) is 5.65 Å². The van der Waals surface area contributed by atoms with Crippen molar-refractivity contribution in [3.63, 3.8) is 0 Å². The number of anilines is 2. The number of nitrogens with zero attached hydrogens (tertiary/aromatic N) is 6. The molecule has 3 aromatic rings. The highest BCUT2D eigenvalue weighted by atomic mass is 16.5. The Kier molecular flexibility index (Phi) is 4.76. The van der Waals surface area contributed by atoms with Crippen LogP contribution in [0.2, 0.25) is 0 Å². The van der Waals surface area contributed by atoms with Gasteiger partial charge < -0.3 is 19.9 Å². The van der Waals surface area contributed by atoms with Gasteiger partial charge in [0, 0.05) is 32.8 Å². The van der Waals surface area contributed by atoms with Crippen molar-refractivity contribution in [3.05, 3.63) is 35.7 Å². The van der Waals surface area contributed by atoms with Crippen molar-refractivity contribution in [2.45, 2.75) is 44.8 Å². The van der Waals surface area contributed by atoms with Gasteiger partial charge >= 0.3 is 0 Å². The summed E-state index contributed by atoms with van der Waals surface area (Å²) in [5.41, 5.74) is 4.28. The topological polar surface area (TPSA) is 88.4 Å². The van der Waals surface area contributed by atoms with Gasteiger partial charge in [-0.05, 0) is 55.5 Å². The van der Waals surface area contributed by atoms with Crippen LogP contribution in [0.5, 0.6) is 5.75 Å². The molecule has 0 spiro atoms. The van der Waals surface area contributed by atoms with Gasteiger partial charge in [-0.3, -0.25) is 4.79 Å². The summed E-state index contributed by atoms with van der Waals surface area (Å²) in [6, 6.07) is 4.64. The lowest BCUT2D eigenvalue weighted by Gasteiger charge is -2.46. The van der Waals surface area contributed by atoms with E-state index in [-0.39, 0.29) is 18.0 Å². The molecule has 9 nitrogen and oxygen atoms in total. The number of rotatable bonds is 4. The minimum Gasteiger partial charge on any atom is -0.495 e. The Bertz CT molecular complexity index is 1240. The standard InChI is InChI=1S/C24H29N7O2/c1-14(32)30-13-16-4-5-20(22(16)30)31-23-18(11-26-31)10-25-24(28-23)27-19-8-17-12-29(2)7-6-15(17)9-21(19)33-3/h8-11,16,20,22H,4-7,12-13H2,1-3H3,(H,25,27,28)/t16-,20+,22+/m0/s1. The molecule has 3 aliphatic rings. The number of fused-ring (bicyclic) bond motifs is 3. The lowest BCUT2D eigenvalue weighted by molar-refractivity contribution is -0.141. The zero-order valence-corrected chi connectivity index (χ0v) is 19.3. The first-order chi connectivity index (χ1) is 16.0. The van der Waals surface area contributed by atoms with Gasteiger partial charge in [-0.2, -0.15) is 10.1 Å². The average molecular weight is 448 g/mol. The van der Waals surface area contributed by atoms with Crippen LogP contribution in [0.4, 0.5) is 11.6 Å². The van der Waals surface area contributed by atoms with E-state index in [1.165, 1.54) is 11.1 Å². The number of aromatic nitrogens is 4. The molecule has 2 aliphatic heterocycles. The molecule has 1 amide bonds. The van der Waals surface area contributed by atoms with E-state index < -0.39 is 0 Å². The van der Waals surface area contributed by atoms with Crippen molar-refractivity contribution < 1.29 is 9.53 Å². The smallest absolute Gasteiger partial charge is 0.229 e. The van der Waals surface area contributed by atoms with E-state index in [1.54, 1.807) is 14.0 Å². The monoisotopic (exact) mass is 447 g/mol. The first kappa shape index (κ1) is 20.4. The van der Waals surface area contributed by atoms with E-state index >= 15 is 0 Å². The van der Waals surface area contributed by atoms with Crippen molar-refractivity contribution in [1.82, 2.24) is 29.5 Å². The number of ether oxygens (including phenoxy) is 1. The summed E-state index contributed by atoms with van der Waals surface area (Å²) < 4.78 is 7.67. The van der Waals surface area contributed by atoms with Gasteiger partial charge in [0.1, 0.15) is 5.75 Å². The molecule has 9 heteroatoms. The van der Waals surface area contributed by atoms with Gasteiger partial charge in [0.2, 0.25) is 11.9 Å². The number of methoxy groups -OCH3 is 1. The fourth-order valence-electron chi connectivity index (χ4n) is 5.80. The molecule has 1 aromatic carbocycles. The molecule has 2 fully saturated rings. The second-order valence-corrected chi connectivity index (χ2v) is 9.56. The molecule has 4 heterocycles. The Hall–Kier alpha value is -3.20. The normalized spacial score (nSPS) is 24.3. The van der Waals surface area contributed by atoms with Crippen LogP contribution < -0.4 is 10.1 Å². The molecule has 1 saturated heterocycles. The van der Waals surface area contributed by atoms with Gasteiger partial charge in [-0.1, -0.05) is 0 Å². The third-order valence-corrected chi connectivity index (χ3v) is 7.53. The summed E-state index contributed by atoms with van der Waals surface area (Å²) in [4.78, 5) is 25.7. The summed E-state index contributed by atoms with van der Waals surface area (Å²) in [7, 11) is 3.83. The summed E-state index contributed by atoms with van der Waals surface area (Å²) in [6.45, 7) is 4.49. The average Bonchev–Trinajstić information content (AvgIpc) is 3.33. The molecule has 2 aromatic heterocycles. The molecule has 33 heavy (non-hydrogen) atoms. The fraction of sp³-hybridized carbons (Fsp3) is 0.500. The highest BCUT2D eigenvalue weighted by Crippen LogP contribution is 2.46. The maximum absolute atomic E-state index is 12.0. The van der Waals surface area contributed by atoms with Crippen LogP contribution in [0.1, 0.15) is 36.9 Å². The van der Waals surface area contributed by atoms with Gasteiger partial charge in [-0.15, -0.1) is 0 Å². The number of amides is 1. The highest BCUT2D eigenvalue weighted by Gasteiger charge is 2.50. The molecular formula is C24H29N7O2. The van der Waals surface area contributed by atoms with Crippen LogP contribution in [0, 0.1) is 5.92 Å². The van der Waals surface area contributed by atoms with Crippen LogP contribution in [-0.2, 0) is 17.8 Å². The fourth-order valence-corrected chi connectivity index (χ4v) is 5.80. The summed E-state index contributed by atoms with van der Waals surface area (Å²) >= 11 is 0. The zero-order valence-electron chi connectivity index (χ0n) is 19.3. The van der Waals surface area contributed by atoms with E-state index in [0.29, 0.717) is 11.9 Å². The summed E-state index contributed by atoms with van der Waals surface area (Å²) in [5.74, 6) is 2.01. The zero-order chi connectivity index (χ0) is 22.7. The third kappa shape index (κ3) is 3.33. The Balaban J connectivity index is 1.33. The molecule has 1 saturated carbocycles. The molecule has 3 atom stereocenters. The highest BCUT2D eigenvalue weighted by molar-refractivity contribution is 5.77. The maximum atomic E-state index is 12.0. The number of nitrogens with one attached hydrogen (secondary N) is 1. The van der Waals surface area contributed by atoms with Gasteiger partial charge in [0.05, 0.1) is 36.5 Å². The van der Waals surface area contributed by atoms with Crippen molar-refractivity contribution in [2.24, 2.45) is 5.92 Å². The molecule has 0 unspecified atom stereocenters. The predicted molar refractivity (Wildman–Crippen MR) is 125 cm³/mol. The number of likely N-dealkylation sites (N-methyl/N-ethyl adjacent to an activating group) is 1. The Morgan fingerprint density at radius 2 is 2.09 bits per heavy atom. The molecule has 0 radical (unpaired) electrons. The summed E-state index contributed by atoms with van der Waals surface area (Å²) in [6.07, 6.45) is 6.78. The lowest BCUT2D eigenvalue weighted by Crippen LogP contribution is -2.58. The van der Waals surface area contributed by atoms with E-state index in [9.17, 15) is 4.79 Å². The first-order valence-electron chi connectivity index (χ1n) is 11.6. The minimum absolute atomic E-state index is 0.141. The van der Waals surface area contributed by atoms with E-state index in [4.69, 9.17) is 9.72 Å². The molecule has 1 N–H and O–H groups in total. The largest absolute Gasteiger partial charge is 0.495 e. The number of likely N-dealkylation sites (tertiary alicyclic amines) is 1. The Morgan fingerprint density at radius 3 is 2.91 bits per heavy atom. The van der Waals surface area contributed by atoms with Gasteiger partial charge in [0.25, 0.3) is 0 Å². The number of benzene rings is 1. The minimum atomic E-state index is 0.141. The van der Waals surface area contributed by atoms with Crippen molar-refractivity contribution in [1.29, 1.82) is 0 Å². The second kappa shape index (κ2) is 7.69. The Morgan fingerprint density at radius 1 is 1.21 bits per heavy atom. The van der Waals surface area contributed by atoms with Crippen LogP contribution in [-0.4, -0.2) is 68.7 Å². The van der Waals surface area contributed by atoms with Crippen molar-refractivity contribution in [3.8, 4) is 5.75 Å². The molecule has 1 aliphatic carbocycles.